The number of rotatable bonds is 7. The van der Waals surface area contributed by atoms with Gasteiger partial charge in [0.2, 0.25) is 0 Å². The molecule has 4 aromatic rings. The van der Waals surface area contributed by atoms with Crippen LogP contribution in [-0.4, -0.2) is 47.2 Å². The lowest BCUT2D eigenvalue weighted by atomic mass is 10.0. The van der Waals surface area contributed by atoms with Crippen molar-refractivity contribution >= 4 is 32.5 Å². The highest BCUT2D eigenvalue weighted by molar-refractivity contribution is 7.17. The van der Waals surface area contributed by atoms with Crippen molar-refractivity contribution in [2.75, 3.05) is 26.7 Å². The summed E-state index contributed by atoms with van der Waals surface area (Å²) in [6.45, 7) is 4.52. The minimum absolute atomic E-state index is 0.00620. The molecule has 4 heterocycles. The number of hydrogen-bond donors (Lipinski definition) is 1. The fourth-order valence-corrected chi connectivity index (χ4v) is 5.25. The van der Waals surface area contributed by atoms with Crippen molar-refractivity contribution in [3.8, 4) is 5.75 Å². The lowest BCUT2D eigenvalue weighted by Gasteiger charge is -2.32. The van der Waals surface area contributed by atoms with Gasteiger partial charge in [-0.2, -0.15) is 0 Å². The second-order valence-corrected chi connectivity index (χ2v) is 9.34. The number of hydrogen-bond acceptors (Lipinski definition) is 6. The standard InChI is InChI=1S/C25H28N4O2S/c1-31-21-15-23-22(27-17-21)3-5-25(30)29(23)12-11-28-9-6-20(7-10-28)26-16-18-2-4-24-19(14-18)8-13-32-24/h2-5,8,13-15,17,20,26H,6-7,9-12,16H2,1H3. The number of methoxy groups -OCH3 is 1. The molecule has 0 spiro atoms. The average Bonchev–Trinajstić information content (AvgIpc) is 3.30. The molecule has 0 amide bonds. The van der Waals surface area contributed by atoms with Gasteiger partial charge in [-0.25, -0.2) is 0 Å². The zero-order valence-electron chi connectivity index (χ0n) is 18.3. The van der Waals surface area contributed by atoms with Crippen LogP contribution in [0, 0.1) is 0 Å². The molecule has 1 aliphatic heterocycles. The maximum Gasteiger partial charge on any atom is 0.251 e. The molecule has 5 rings (SSSR count). The summed E-state index contributed by atoms with van der Waals surface area (Å²) in [6, 6.07) is 14.7. The first-order chi connectivity index (χ1) is 15.7. The molecule has 1 saturated heterocycles. The number of fused-ring (bicyclic) bond motifs is 2. The van der Waals surface area contributed by atoms with Gasteiger partial charge in [0, 0.05) is 42.5 Å². The molecule has 0 saturated carbocycles. The fraction of sp³-hybridized carbons (Fsp3) is 0.360. The second kappa shape index (κ2) is 9.40. The molecule has 0 bridgehead atoms. The molecule has 6 nitrogen and oxygen atoms in total. The van der Waals surface area contributed by atoms with E-state index in [0.717, 1.165) is 50.1 Å². The third-order valence-corrected chi connectivity index (χ3v) is 7.29. The Bertz CT molecular complexity index is 1270. The van der Waals surface area contributed by atoms with Crippen molar-refractivity contribution in [3.05, 3.63) is 70.0 Å². The van der Waals surface area contributed by atoms with E-state index in [0.29, 0.717) is 18.3 Å². The lowest BCUT2D eigenvalue weighted by molar-refractivity contribution is 0.191. The van der Waals surface area contributed by atoms with Crippen LogP contribution in [-0.2, 0) is 13.1 Å². The summed E-state index contributed by atoms with van der Waals surface area (Å²) in [7, 11) is 1.62. The summed E-state index contributed by atoms with van der Waals surface area (Å²) < 4.78 is 8.46. The molecular weight excluding hydrogens is 420 g/mol. The average molecular weight is 449 g/mol. The van der Waals surface area contributed by atoms with E-state index in [1.165, 1.54) is 15.6 Å². The van der Waals surface area contributed by atoms with Gasteiger partial charge in [-0.1, -0.05) is 6.07 Å². The van der Waals surface area contributed by atoms with Gasteiger partial charge in [0.1, 0.15) is 5.75 Å². The first kappa shape index (κ1) is 21.1. The van der Waals surface area contributed by atoms with Crippen molar-refractivity contribution < 1.29 is 4.74 Å². The molecule has 0 radical (unpaired) electrons. The zero-order valence-corrected chi connectivity index (χ0v) is 19.1. The maximum absolute atomic E-state index is 12.5. The van der Waals surface area contributed by atoms with Crippen LogP contribution >= 0.6 is 11.3 Å². The van der Waals surface area contributed by atoms with Crippen LogP contribution in [0.2, 0.25) is 0 Å². The summed E-state index contributed by atoms with van der Waals surface area (Å²) >= 11 is 1.79. The van der Waals surface area contributed by atoms with Crippen LogP contribution in [0.5, 0.6) is 5.75 Å². The first-order valence-corrected chi connectivity index (χ1v) is 12.0. The molecular formula is C25H28N4O2S. The van der Waals surface area contributed by atoms with Crippen molar-refractivity contribution in [2.24, 2.45) is 0 Å². The van der Waals surface area contributed by atoms with Gasteiger partial charge >= 0.3 is 0 Å². The Morgan fingerprint density at radius 2 is 2.00 bits per heavy atom. The quantitative estimate of drug-likeness (QED) is 0.465. The predicted molar refractivity (Wildman–Crippen MR) is 131 cm³/mol. The molecule has 32 heavy (non-hydrogen) atoms. The van der Waals surface area contributed by atoms with E-state index in [1.54, 1.807) is 36.8 Å². The predicted octanol–water partition coefficient (Wildman–Crippen LogP) is 3.87. The number of thiophene rings is 1. The SMILES string of the molecule is COc1cnc2ccc(=O)n(CCN3CCC(NCc4ccc5sccc5c4)CC3)c2c1. The molecule has 0 aliphatic carbocycles. The van der Waals surface area contributed by atoms with Gasteiger partial charge in [-0.3, -0.25) is 9.78 Å². The monoisotopic (exact) mass is 448 g/mol. The van der Waals surface area contributed by atoms with Crippen molar-refractivity contribution in [1.82, 2.24) is 19.8 Å². The highest BCUT2D eigenvalue weighted by Crippen LogP contribution is 2.22. The largest absolute Gasteiger partial charge is 0.495 e. The summed E-state index contributed by atoms with van der Waals surface area (Å²) in [4.78, 5) is 19.4. The van der Waals surface area contributed by atoms with E-state index in [4.69, 9.17) is 4.74 Å². The molecule has 1 N–H and O–H groups in total. The minimum Gasteiger partial charge on any atom is -0.495 e. The van der Waals surface area contributed by atoms with E-state index < -0.39 is 0 Å². The molecule has 166 valence electrons. The van der Waals surface area contributed by atoms with Gasteiger partial charge in [0.05, 0.1) is 24.3 Å². The Morgan fingerprint density at radius 3 is 2.84 bits per heavy atom. The van der Waals surface area contributed by atoms with Gasteiger partial charge in [0.15, 0.2) is 0 Å². The summed E-state index contributed by atoms with van der Waals surface area (Å²) in [5, 5.41) is 7.22. The smallest absolute Gasteiger partial charge is 0.251 e. The Morgan fingerprint density at radius 1 is 1.12 bits per heavy atom. The van der Waals surface area contributed by atoms with E-state index >= 15 is 0 Å². The van der Waals surface area contributed by atoms with Crippen LogP contribution in [0.4, 0.5) is 0 Å². The van der Waals surface area contributed by atoms with Crippen LogP contribution in [0.15, 0.2) is 58.8 Å². The summed E-state index contributed by atoms with van der Waals surface area (Å²) in [5.41, 5.74) is 2.99. The Labute approximate surface area is 191 Å². The van der Waals surface area contributed by atoms with Crippen molar-refractivity contribution in [3.63, 3.8) is 0 Å². The highest BCUT2D eigenvalue weighted by Gasteiger charge is 2.19. The molecule has 1 aromatic carbocycles. The van der Waals surface area contributed by atoms with Crippen LogP contribution in [0.25, 0.3) is 21.1 Å². The van der Waals surface area contributed by atoms with Crippen LogP contribution < -0.4 is 15.6 Å². The van der Waals surface area contributed by atoms with Gasteiger partial charge in [-0.05, 0) is 66.5 Å². The number of nitrogens with one attached hydrogen (secondary N) is 1. The molecule has 1 aliphatic rings. The number of pyridine rings is 2. The highest BCUT2D eigenvalue weighted by atomic mass is 32.1. The lowest BCUT2D eigenvalue weighted by Crippen LogP contribution is -2.43. The summed E-state index contributed by atoms with van der Waals surface area (Å²) in [6.07, 6.45) is 3.94. The Kier molecular flexibility index (Phi) is 6.21. The second-order valence-electron chi connectivity index (χ2n) is 8.39. The number of likely N-dealkylation sites (tertiary alicyclic amines) is 1. The molecule has 7 heteroatoms. The minimum atomic E-state index is 0.00620. The number of nitrogens with zero attached hydrogens (tertiary/aromatic N) is 3. The Hall–Kier alpha value is -2.74. The zero-order chi connectivity index (χ0) is 21.9. The number of ether oxygens (including phenoxy) is 1. The van der Waals surface area contributed by atoms with Gasteiger partial charge < -0.3 is 19.5 Å². The molecule has 0 unspecified atom stereocenters. The number of aromatic nitrogens is 2. The maximum atomic E-state index is 12.5. The Balaban J connectivity index is 1.15. The molecule has 0 atom stereocenters. The van der Waals surface area contributed by atoms with Crippen LogP contribution in [0.1, 0.15) is 18.4 Å². The fourth-order valence-electron chi connectivity index (χ4n) is 4.48. The van der Waals surface area contributed by atoms with Gasteiger partial charge in [-0.15, -0.1) is 11.3 Å². The molecule has 1 fully saturated rings. The van der Waals surface area contributed by atoms with Crippen molar-refractivity contribution in [1.29, 1.82) is 0 Å². The van der Waals surface area contributed by atoms with E-state index in [2.05, 4.69) is 44.8 Å². The van der Waals surface area contributed by atoms with E-state index in [-0.39, 0.29) is 5.56 Å². The van der Waals surface area contributed by atoms with Gasteiger partial charge in [0.25, 0.3) is 5.56 Å². The van der Waals surface area contributed by atoms with E-state index in [1.807, 2.05) is 10.6 Å². The normalized spacial score (nSPS) is 15.5. The third kappa shape index (κ3) is 4.55. The van der Waals surface area contributed by atoms with E-state index in [9.17, 15) is 4.79 Å². The summed E-state index contributed by atoms with van der Waals surface area (Å²) in [5.74, 6) is 0.668. The number of piperidine rings is 1. The van der Waals surface area contributed by atoms with Crippen molar-refractivity contribution in [2.45, 2.75) is 32.0 Å². The topological polar surface area (TPSA) is 59.4 Å². The third-order valence-electron chi connectivity index (χ3n) is 6.39. The molecule has 3 aromatic heterocycles. The number of benzene rings is 1. The van der Waals surface area contributed by atoms with Crippen LogP contribution in [0.3, 0.4) is 0 Å². The first-order valence-electron chi connectivity index (χ1n) is 11.1.